The molecule has 2 aromatic heterocycles. The number of anilines is 1. The smallest absolute Gasteiger partial charge is 0.266 e. The number of sulfonamides is 1. The summed E-state index contributed by atoms with van der Waals surface area (Å²) < 4.78 is 47.8. The molecule has 0 unspecified atom stereocenters. The van der Waals surface area contributed by atoms with Gasteiger partial charge in [-0.05, 0) is 48.5 Å². The Morgan fingerprint density at radius 2 is 1.80 bits per heavy atom. The number of rotatable bonds is 10. The molecule has 0 spiro atoms. The first-order chi connectivity index (χ1) is 19.8. The molecule has 0 N–H and O–H groups in total. The normalized spacial score (nSPS) is 11.1. The Labute approximate surface area is 241 Å². The molecule has 0 atom stereocenters. The molecule has 0 fully saturated rings. The molecule has 2 heterocycles. The molecule has 0 saturated heterocycles. The number of hydrogen-bond donors (Lipinski definition) is 0. The van der Waals surface area contributed by atoms with Gasteiger partial charge in [-0.2, -0.15) is 10.4 Å². The van der Waals surface area contributed by atoms with Gasteiger partial charge in [0.2, 0.25) is 0 Å². The summed E-state index contributed by atoms with van der Waals surface area (Å²) in [7, 11) is 0.708. The Morgan fingerprint density at radius 3 is 2.49 bits per heavy atom. The lowest BCUT2D eigenvalue weighted by atomic mass is 10.1. The predicted octanol–water partition coefficient (Wildman–Crippen LogP) is 5.62. The van der Waals surface area contributed by atoms with Gasteiger partial charge in [0.25, 0.3) is 10.0 Å². The molecule has 0 amide bonds. The van der Waals surface area contributed by atoms with Crippen LogP contribution in [0.4, 0.5) is 5.13 Å². The van der Waals surface area contributed by atoms with E-state index in [1.165, 1.54) is 47.1 Å². The monoisotopic (exact) mass is 587 g/mol. The minimum atomic E-state index is -4.16. The maximum Gasteiger partial charge on any atom is 0.266 e. The van der Waals surface area contributed by atoms with Crippen molar-refractivity contribution in [1.82, 2.24) is 14.8 Å². The van der Waals surface area contributed by atoms with E-state index in [1.807, 2.05) is 31.3 Å². The Morgan fingerprint density at radius 1 is 0.976 bits per heavy atom. The SMILES string of the molecule is COc1ccc(CN(c2nccs2)S(=O)(=O)c2ccc(Oc3ccccc3-c3ccnn3C)c(C#N)c2)c(OC)c1. The van der Waals surface area contributed by atoms with E-state index in [-0.39, 0.29) is 27.9 Å². The molecule has 0 bridgehead atoms. The third-order valence-corrected chi connectivity index (χ3v) is 8.95. The number of methoxy groups -OCH3 is 2. The van der Waals surface area contributed by atoms with Gasteiger partial charge in [-0.15, -0.1) is 11.3 Å². The molecule has 3 aromatic carbocycles. The van der Waals surface area contributed by atoms with Crippen molar-refractivity contribution in [2.24, 2.45) is 7.05 Å². The first kappa shape index (κ1) is 27.7. The van der Waals surface area contributed by atoms with Gasteiger partial charge in [-0.3, -0.25) is 4.68 Å². The molecule has 41 heavy (non-hydrogen) atoms. The number of nitriles is 1. The molecule has 5 aromatic rings. The largest absolute Gasteiger partial charge is 0.497 e. The summed E-state index contributed by atoms with van der Waals surface area (Å²) in [6.07, 6.45) is 3.22. The molecule has 0 aliphatic carbocycles. The van der Waals surface area contributed by atoms with Crippen LogP contribution in [0.5, 0.6) is 23.0 Å². The number of hydrogen-bond acceptors (Lipinski definition) is 9. The number of aromatic nitrogens is 3. The maximum atomic E-state index is 14.0. The van der Waals surface area contributed by atoms with Gasteiger partial charge in [0.1, 0.15) is 29.1 Å². The molecule has 0 aliphatic heterocycles. The molecule has 10 nitrogen and oxygen atoms in total. The molecule has 0 aliphatic rings. The van der Waals surface area contributed by atoms with Gasteiger partial charge in [-0.25, -0.2) is 17.7 Å². The van der Waals surface area contributed by atoms with Gasteiger partial charge in [0.05, 0.1) is 36.9 Å². The predicted molar refractivity (Wildman–Crippen MR) is 155 cm³/mol. The third kappa shape index (κ3) is 5.58. The fourth-order valence-electron chi connectivity index (χ4n) is 4.23. The number of benzene rings is 3. The third-order valence-electron chi connectivity index (χ3n) is 6.30. The van der Waals surface area contributed by atoms with E-state index in [2.05, 4.69) is 16.2 Å². The lowest BCUT2D eigenvalue weighted by molar-refractivity contribution is 0.391. The van der Waals surface area contributed by atoms with Crippen LogP contribution in [0.1, 0.15) is 11.1 Å². The lowest BCUT2D eigenvalue weighted by Crippen LogP contribution is -2.30. The fourth-order valence-corrected chi connectivity index (χ4v) is 6.52. The van der Waals surface area contributed by atoms with Crippen LogP contribution < -0.4 is 18.5 Å². The van der Waals surface area contributed by atoms with E-state index in [1.54, 1.807) is 47.6 Å². The maximum absolute atomic E-state index is 14.0. The summed E-state index contributed by atoms with van der Waals surface area (Å²) in [6, 6.07) is 20.7. The Kier molecular flexibility index (Phi) is 7.91. The van der Waals surface area contributed by atoms with Crippen molar-refractivity contribution in [3.05, 3.63) is 95.6 Å². The van der Waals surface area contributed by atoms with E-state index in [0.29, 0.717) is 22.8 Å². The number of thiazole rings is 1. The minimum Gasteiger partial charge on any atom is -0.497 e. The molecular formula is C29H25N5O5S2. The van der Waals surface area contributed by atoms with E-state index >= 15 is 0 Å². The number of para-hydroxylation sites is 1. The molecule has 0 radical (unpaired) electrons. The summed E-state index contributed by atoms with van der Waals surface area (Å²) in [5.41, 5.74) is 2.27. The van der Waals surface area contributed by atoms with Crippen LogP contribution >= 0.6 is 11.3 Å². The zero-order chi connectivity index (χ0) is 29.0. The fraction of sp³-hybridized carbons (Fsp3) is 0.138. The van der Waals surface area contributed by atoms with Crippen LogP contribution in [0.2, 0.25) is 0 Å². The highest BCUT2D eigenvalue weighted by atomic mass is 32.2. The minimum absolute atomic E-state index is 0.0543. The molecule has 0 saturated carbocycles. The van der Waals surface area contributed by atoms with Crippen molar-refractivity contribution in [2.45, 2.75) is 11.4 Å². The van der Waals surface area contributed by atoms with Crippen LogP contribution in [0.3, 0.4) is 0 Å². The van der Waals surface area contributed by atoms with Crippen molar-refractivity contribution in [2.75, 3.05) is 18.5 Å². The van der Waals surface area contributed by atoms with Crippen LogP contribution in [0, 0.1) is 11.3 Å². The van der Waals surface area contributed by atoms with Crippen LogP contribution in [-0.4, -0.2) is 37.4 Å². The Hall–Kier alpha value is -4.86. The summed E-state index contributed by atoms with van der Waals surface area (Å²) in [6.45, 7) is -0.0543. The number of ether oxygens (including phenoxy) is 3. The molecule has 208 valence electrons. The van der Waals surface area contributed by atoms with Gasteiger partial charge in [0.15, 0.2) is 5.13 Å². The van der Waals surface area contributed by atoms with E-state index in [9.17, 15) is 13.7 Å². The zero-order valence-electron chi connectivity index (χ0n) is 22.4. The van der Waals surface area contributed by atoms with E-state index < -0.39 is 10.0 Å². The second-order valence-electron chi connectivity index (χ2n) is 8.71. The summed E-state index contributed by atoms with van der Waals surface area (Å²) in [5.74, 6) is 1.76. The Bertz CT molecular complexity index is 1830. The summed E-state index contributed by atoms with van der Waals surface area (Å²) >= 11 is 1.18. The standard InChI is InChI=1S/C29H25N5O5S2/c1-33-25(12-13-32-33)24-6-4-5-7-27(24)39-26-11-10-23(16-21(26)18-30)41(35,36)34(29-31-14-15-40-29)19-20-8-9-22(37-2)17-28(20)38-3/h4-17H,19H2,1-3H3. The van der Waals surface area contributed by atoms with Gasteiger partial charge < -0.3 is 14.2 Å². The molecule has 12 heteroatoms. The zero-order valence-corrected chi connectivity index (χ0v) is 24.0. The van der Waals surface area contributed by atoms with Crippen molar-refractivity contribution >= 4 is 26.5 Å². The highest BCUT2D eigenvalue weighted by molar-refractivity contribution is 7.93. The average molecular weight is 588 g/mol. The van der Waals surface area contributed by atoms with Crippen LogP contribution in [0.15, 0.2) is 89.4 Å². The molecular weight excluding hydrogens is 562 g/mol. The van der Waals surface area contributed by atoms with Crippen molar-refractivity contribution in [3.8, 4) is 40.3 Å². The Balaban J connectivity index is 1.51. The van der Waals surface area contributed by atoms with Crippen molar-refractivity contribution in [1.29, 1.82) is 5.26 Å². The van der Waals surface area contributed by atoms with E-state index in [0.717, 1.165) is 11.3 Å². The van der Waals surface area contributed by atoms with E-state index in [4.69, 9.17) is 14.2 Å². The topological polar surface area (TPSA) is 120 Å². The van der Waals surface area contributed by atoms with Crippen LogP contribution in [0.25, 0.3) is 11.3 Å². The van der Waals surface area contributed by atoms with Crippen molar-refractivity contribution < 1.29 is 22.6 Å². The summed E-state index contributed by atoms with van der Waals surface area (Å²) in [4.78, 5) is 4.17. The van der Waals surface area contributed by atoms with Gasteiger partial charge in [0, 0.05) is 42.0 Å². The first-order valence-electron chi connectivity index (χ1n) is 12.3. The van der Waals surface area contributed by atoms with Crippen molar-refractivity contribution in [3.63, 3.8) is 0 Å². The van der Waals surface area contributed by atoms with Gasteiger partial charge >= 0.3 is 0 Å². The lowest BCUT2D eigenvalue weighted by Gasteiger charge is -2.23. The highest BCUT2D eigenvalue weighted by Crippen LogP contribution is 2.36. The first-order valence-corrected chi connectivity index (χ1v) is 14.6. The quantitative estimate of drug-likeness (QED) is 0.207. The van der Waals surface area contributed by atoms with Crippen LogP contribution in [-0.2, 0) is 23.6 Å². The van der Waals surface area contributed by atoms with Gasteiger partial charge in [-0.1, -0.05) is 12.1 Å². The highest BCUT2D eigenvalue weighted by Gasteiger charge is 2.29. The molecule has 5 rings (SSSR count). The number of nitrogens with zero attached hydrogens (tertiary/aromatic N) is 5. The summed E-state index contributed by atoms with van der Waals surface area (Å²) in [5, 5.41) is 16.2. The average Bonchev–Trinajstić information content (AvgIpc) is 3.68. The second kappa shape index (κ2) is 11.7. The number of aryl methyl sites for hydroxylation is 1. The second-order valence-corrected chi connectivity index (χ2v) is 11.4.